The van der Waals surface area contributed by atoms with E-state index in [-0.39, 0.29) is 465 Å². The zero-order valence-electron chi connectivity index (χ0n) is 72.3. The van der Waals surface area contributed by atoms with Gasteiger partial charge in [-0.15, -0.1) is 0 Å². The zero-order valence-corrected chi connectivity index (χ0v) is 113. The van der Waals surface area contributed by atoms with Crippen LogP contribution in [0.5, 0.6) is 0 Å². The molecule has 0 unspecified atom stereocenters. The summed E-state index contributed by atoms with van der Waals surface area (Å²) in [6.45, 7) is -7.63. The number of thioether (sulfide) groups is 2. The molecule has 0 aliphatic carbocycles. The second-order valence-corrected chi connectivity index (χ2v) is 40.5. The van der Waals surface area contributed by atoms with Crippen LogP contribution >= 0.6 is 23.5 Å². The van der Waals surface area contributed by atoms with E-state index in [1.165, 1.54) is 0 Å². The van der Waals surface area contributed by atoms with Gasteiger partial charge < -0.3 is 39.1 Å². The molecule has 6 rings (SSSR count). The quantitative estimate of drug-likeness (QED) is 0.0216. The predicted molar refractivity (Wildman–Crippen MR) is 374 cm³/mol. The summed E-state index contributed by atoms with van der Waals surface area (Å²) in [4.78, 5) is 25.7. The molecule has 2 amide bonds. The number of hydrogen-bond acceptors (Lipinski definition) is 52. The summed E-state index contributed by atoms with van der Waals surface area (Å²) < 4.78 is 568. The molecule has 137 heavy (non-hydrogen) atoms. The van der Waals surface area contributed by atoms with Gasteiger partial charge in [-0.1, -0.05) is 23.5 Å². The summed E-state index contributed by atoms with van der Waals surface area (Å²) in [6.07, 6.45) is -58.1. The van der Waals surface area contributed by atoms with Gasteiger partial charge in [0.1, 0.15) is 96.3 Å². The fraction of sp³-hybridized carbons (Fsp3) is 0.659. The number of rotatable bonds is 46. The second kappa shape index (κ2) is 69.0. The third kappa shape index (κ3) is 66.1. The molecule has 2 aromatic carbocycles. The first-order valence-corrected chi connectivity index (χ1v) is 51.4. The van der Waals surface area contributed by atoms with Crippen molar-refractivity contribution in [2.45, 2.75) is 150 Å². The molecule has 0 saturated carbocycles. The minimum absolute atomic E-state index is 0. The van der Waals surface area contributed by atoms with Gasteiger partial charge in [-0.05, 0) is 55.0 Å². The molecule has 96 heteroatoms. The first-order valence-electron chi connectivity index (χ1n) is 30.5. The molecule has 4 aliphatic heterocycles. The first-order chi connectivity index (χ1) is 55.4. The summed E-state index contributed by atoms with van der Waals surface area (Å²) in [5.74, 6) is -1.79. The van der Waals surface area contributed by atoms with Crippen LogP contribution in [0.3, 0.4) is 0 Å². The van der Waals surface area contributed by atoms with Gasteiger partial charge in [-0.3, -0.25) is 73.3 Å². The molecule has 4 heterocycles. The van der Waals surface area contributed by atoms with E-state index in [9.17, 15) is 191 Å². The van der Waals surface area contributed by atoms with E-state index in [0.29, 0.717) is 0 Å². The number of ether oxygens (including phenoxy) is 6. The van der Waals surface area contributed by atoms with Gasteiger partial charge in [-0.25, -0.2) is 58.6 Å². The molecule has 66 nitrogen and oxygen atoms in total. The number of anilines is 2. The van der Waals surface area contributed by atoms with Gasteiger partial charge in [0.05, 0.1) is 26.4 Å². The molecular weight excluding hydrogens is 2380 g/mol. The zero-order chi connectivity index (χ0) is 93.6. The SMILES string of the molecule is O=C(CCCC(=O)Nc1ccc(S[C@@H]2O[C@H](COS(=O)(=O)O)[C@@H](O[C@H]3O[C@H](COS(=O)(=O)O)[C@@H](OS(=O)(=O)O)[C@H](OS(=O)(=O)O)[C@H]3OS(=O)(=O)O)[C@H](OS(=O)(=O)O)[C@H]2OS(=O)(=O)O)cc1)Nc1ccc(S[C@@H]2O[C@H](COS(=O)(=O)O)[C@@H](O[C@H]3O[C@H](COS(=O)(=O)O)[C@@H](OS(=O)(=O)O)[C@H](OS(=O)(=O)O)[C@H]3OS(=O)(=O)O)[C@H](OS(=O)(=O)O)[C@H]2OS(=O)(=O)O)cc1.[Na+].[Na+].[Na+].[Na+].[Na+].[Na+].[Na+].[Na+].[Na+].[Na+].[Na+].[Na+].[Na+].[Na+]. The average Bonchev–Trinajstić information content (AvgIpc) is 0.756. The number of amides is 2. The minimum Gasteiger partial charge on any atom is -0.356 e. The van der Waals surface area contributed by atoms with Gasteiger partial charge in [0.2, 0.25) is 11.8 Å². The maximum Gasteiger partial charge on any atom is 1.00 e. The summed E-state index contributed by atoms with van der Waals surface area (Å²) in [7, 11) is -85.4. The Morgan fingerprint density at radius 3 is 0.635 bits per heavy atom. The normalized spacial score (nSPS) is 25.7. The van der Waals surface area contributed by atoms with Crippen LogP contribution in [0.2, 0.25) is 0 Å². The summed E-state index contributed by atoms with van der Waals surface area (Å²) in [5, 5.41) is 4.71. The van der Waals surface area contributed by atoms with Crippen LogP contribution < -0.4 is 424 Å². The van der Waals surface area contributed by atoms with E-state index in [0.717, 1.165) is 48.5 Å². The van der Waals surface area contributed by atoms with Crippen LogP contribution in [0, 0.1) is 0 Å². The molecule has 20 atom stereocenters. The van der Waals surface area contributed by atoms with E-state index in [1.807, 2.05) is 0 Å². The number of hydrogen-bond donors (Lipinski definition) is 16. The molecule has 0 spiro atoms. The molecule has 4 saturated heterocycles. The van der Waals surface area contributed by atoms with Crippen LogP contribution in [-0.2, 0) is 242 Å². The Bertz CT molecular complexity index is 5500. The van der Waals surface area contributed by atoms with Crippen molar-refractivity contribution in [2.75, 3.05) is 37.1 Å². The molecule has 0 radical (unpaired) electrons. The van der Waals surface area contributed by atoms with Crippen molar-refractivity contribution in [3.05, 3.63) is 48.5 Å². The maximum absolute atomic E-state index is 13.2. The molecule has 0 bridgehead atoms. The van der Waals surface area contributed by atoms with Crippen LogP contribution in [0.25, 0.3) is 0 Å². The van der Waals surface area contributed by atoms with Crippen molar-refractivity contribution in [3.63, 3.8) is 0 Å². The van der Waals surface area contributed by atoms with Crippen LogP contribution in [-0.4, -0.2) is 341 Å². The van der Waals surface area contributed by atoms with Gasteiger partial charge >= 0.3 is 559 Å². The smallest absolute Gasteiger partial charge is 0.356 e. The van der Waals surface area contributed by atoms with Crippen molar-refractivity contribution < 1.29 is 692 Å². The minimum atomic E-state index is -6.29. The molecule has 4 fully saturated rings. The Balaban J connectivity index is -0.00000167. The number of carbonyl (C=O) groups is 2. The van der Waals surface area contributed by atoms with Crippen LogP contribution in [0.15, 0.2) is 58.3 Å². The number of benzene rings is 2. The fourth-order valence-electron chi connectivity index (χ4n) is 10.6. The average molecular weight is 2440 g/mol. The third-order valence-electron chi connectivity index (χ3n) is 14.4. The van der Waals surface area contributed by atoms with Gasteiger partial charge in [0.25, 0.3) is 0 Å². The Labute approximate surface area is 1100 Å². The topological polar surface area (TPSA) is 1000 Å². The Morgan fingerprint density at radius 2 is 0.431 bits per heavy atom. The van der Waals surface area contributed by atoms with Crippen molar-refractivity contribution in [1.29, 1.82) is 0 Å². The molecule has 0 aromatic heterocycles. The largest absolute Gasteiger partial charge is 1.00 e. The van der Waals surface area contributed by atoms with Gasteiger partial charge in [0.15, 0.2) is 24.8 Å². The summed E-state index contributed by atoms with van der Waals surface area (Å²) in [5.41, 5.74) is -5.21. The van der Waals surface area contributed by atoms with Crippen molar-refractivity contribution in [3.8, 4) is 0 Å². The van der Waals surface area contributed by atoms with E-state index in [1.54, 1.807) is 0 Å². The Morgan fingerprint density at radius 1 is 0.248 bits per heavy atom. The predicted octanol–water partition coefficient (Wildman–Crippen LogP) is -49.5. The molecule has 16 N–H and O–H groups in total. The van der Waals surface area contributed by atoms with Crippen LogP contribution in [0.1, 0.15) is 19.3 Å². The van der Waals surface area contributed by atoms with E-state index < -0.39 is 318 Å². The van der Waals surface area contributed by atoms with E-state index in [4.69, 9.17) is 28.4 Å². The summed E-state index contributed by atoms with van der Waals surface area (Å²) in [6, 6.07) is 8.03. The van der Waals surface area contributed by atoms with Crippen molar-refractivity contribution in [2.24, 2.45) is 0 Å². The van der Waals surface area contributed by atoms with Crippen molar-refractivity contribution >= 4 is 192 Å². The van der Waals surface area contributed by atoms with Crippen molar-refractivity contribution in [1.82, 2.24) is 0 Å². The Kier molecular flexibility index (Phi) is 82.8. The number of carbonyl (C=O) groups excluding carboxylic acids is 2. The van der Waals surface area contributed by atoms with E-state index >= 15 is 0 Å². The fourth-order valence-corrected chi connectivity index (χ4v) is 19.1. The monoisotopic (exact) mass is 2440 g/mol. The van der Waals surface area contributed by atoms with Crippen LogP contribution in [0.4, 0.5) is 11.4 Å². The molecule has 2 aromatic rings. The standard InChI is InChI=1S/C41H58N2O64S16.14Na/c44-24(42-16-4-8-18(9-5-16)108-40-36(106-122(82,83)84)30(100-116(64,65)66)26(20(94-40)12-88-110(46,47)48)96-38-34(104-120(76,77)78)32(102-118(70,71)72)28(98-114(58,59)60)22(92-38)14-90-112(52,53)54)2-1-3-25(45)43-17-6-10-19(11-7-17)109-41-37(107-123(85,86)87)31(101-117(67,68)69)27(21(95-41)13-89-111(49,50)51)97-39-35(105-121(79,80)81)33(103-119(73,74)75)29(99-115(61,62)63)23(93-39)15-91-113(55,56)57;;;;;;;;;;;;;;/h4-11,20-23,26-41H,1-3,12-15H2,(H,42,44)(H,43,45)(H,46,47,48)(H,49,50,51)(H,52,53,54)(H,55,56,57)(H,58,59,60)(H,61,62,63)(H,64,65,66)(H,67,68,69)(H,70,71,72)(H,73,74,75)(H,76,77,78)(H,79,80,81)(H,82,83,84)(H,85,86,87);;;;;;;;;;;;;;/q;14*+1/t20-,21-,22-,23-,26-,27-,28-,29-,30+,31+,32+,33+,34-,35-,36-,37-,38-,39-,40+,41+;;;;;;;;;;;;;;/m1............../s1. The third-order valence-corrected chi connectivity index (χ3v) is 23.1. The second-order valence-electron chi connectivity index (χ2n) is 23.3. The van der Waals surface area contributed by atoms with E-state index in [2.05, 4.69) is 69.2 Å². The Hall–Kier alpha value is 10.0. The number of nitrogens with one attached hydrogen (secondary N) is 2. The summed E-state index contributed by atoms with van der Waals surface area (Å²) >= 11 is 0.207. The molecular formula is C41H58N2Na14O64S16+14. The maximum atomic E-state index is 13.2. The molecule has 4 aliphatic rings. The van der Waals surface area contributed by atoms with Gasteiger partial charge in [0, 0.05) is 34.0 Å². The van der Waals surface area contributed by atoms with Gasteiger partial charge in [-0.2, -0.15) is 118 Å². The first kappa shape index (κ1) is 165. The molecule has 712 valence electrons.